The van der Waals surface area contributed by atoms with E-state index in [2.05, 4.69) is 22.5 Å². The first-order valence-electron chi connectivity index (χ1n) is 11.2. The highest BCUT2D eigenvalue weighted by atomic mass is 19.4. The number of alkyl halides is 3. The van der Waals surface area contributed by atoms with Gasteiger partial charge in [0.1, 0.15) is 5.82 Å². The quantitative estimate of drug-likeness (QED) is 0.496. The molecule has 1 amide bonds. The Balaban J connectivity index is 1.85. The molecule has 0 unspecified atom stereocenters. The molecule has 2 heterocycles. The number of benzene rings is 1. The first-order chi connectivity index (χ1) is 16.2. The number of allylic oxidation sites excluding steroid dienone is 1. The van der Waals surface area contributed by atoms with Gasteiger partial charge in [-0.3, -0.25) is 4.79 Å². The lowest BCUT2D eigenvalue weighted by Crippen LogP contribution is -2.51. The van der Waals surface area contributed by atoms with E-state index in [1.807, 2.05) is 30.0 Å². The molecule has 1 aliphatic heterocycles. The maximum Gasteiger partial charge on any atom is 0.417 e. The zero-order chi connectivity index (χ0) is 24.9. The van der Waals surface area contributed by atoms with Crippen molar-refractivity contribution < 1.29 is 18.0 Å². The second-order valence-corrected chi connectivity index (χ2v) is 8.58. The Morgan fingerprint density at radius 1 is 1.26 bits per heavy atom. The number of rotatable bonds is 7. The summed E-state index contributed by atoms with van der Waals surface area (Å²) in [5, 5.41) is 13.8. The van der Waals surface area contributed by atoms with Gasteiger partial charge in [-0.05, 0) is 49.4 Å². The molecule has 6 nitrogen and oxygen atoms in total. The summed E-state index contributed by atoms with van der Waals surface area (Å²) in [4.78, 5) is 19.5. The van der Waals surface area contributed by atoms with Gasteiger partial charge in [0.15, 0.2) is 0 Å². The van der Waals surface area contributed by atoms with Crippen molar-refractivity contribution in [3.05, 3.63) is 65.0 Å². The lowest BCUT2D eigenvalue weighted by atomic mass is 9.89. The number of aryl methyl sites for hydroxylation is 1. The number of piperidine rings is 1. The molecule has 1 saturated heterocycles. The van der Waals surface area contributed by atoms with Crippen LogP contribution < -0.4 is 10.6 Å². The van der Waals surface area contributed by atoms with Crippen LogP contribution in [0.5, 0.6) is 0 Å². The van der Waals surface area contributed by atoms with Gasteiger partial charge >= 0.3 is 6.18 Å². The number of carbonyl (C=O) groups excluding carboxylic acids is 1. The molecule has 0 bridgehead atoms. The number of hydrogen-bond acceptors (Lipinski definition) is 5. The van der Waals surface area contributed by atoms with E-state index in [1.54, 1.807) is 13.2 Å². The summed E-state index contributed by atoms with van der Waals surface area (Å²) >= 11 is 0. The average molecular weight is 474 g/mol. The minimum atomic E-state index is -4.44. The van der Waals surface area contributed by atoms with Crippen LogP contribution in [-0.2, 0) is 6.18 Å². The minimum Gasteiger partial charge on any atom is -0.393 e. The van der Waals surface area contributed by atoms with Crippen molar-refractivity contribution in [2.75, 3.05) is 25.5 Å². The molecular weight excluding hydrogens is 443 g/mol. The Hall–Kier alpha value is -3.36. The Labute approximate surface area is 197 Å². The lowest BCUT2D eigenvalue weighted by molar-refractivity contribution is -0.137. The van der Waals surface area contributed by atoms with Crippen molar-refractivity contribution in [3.63, 3.8) is 0 Å². The van der Waals surface area contributed by atoms with E-state index in [9.17, 15) is 18.0 Å². The third-order valence-corrected chi connectivity index (χ3v) is 6.13. The molecule has 2 aromatic rings. The smallest absolute Gasteiger partial charge is 0.393 e. The second-order valence-electron chi connectivity index (χ2n) is 8.58. The van der Waals surface area contributed by atoms with Gasteiger partial charge in [-0.15, -0.1) is 0 Å². The Kier molecular flexibility index (Phi) is 7.96. The van der Waals surface area contributed by atoms with E-state index in [-0.39, 0.29) is 17.9 Å². The normalized spacial score (nSPS) is 19.0. The SMILES string of the molecule is CN/C=C(\C=N)c1ccc(C)cc1C(=O)N1CCC[C@@H](C)[C@H]1CNc1ccc(C(F)(F)F)cn1. The molecule has 1 aromatic heterocycles. The average Bonchev–Trinajstić information content (AvgIpc) is 2.81. The van der Waals surface area contributed by atoms with Crippen molar-refractivity contribution >= 4 is 23.5 Å². The Morgan fingerprint density at radius 3 is 2.65 bits per heavy atom. The lowest BCUT2D eigenvalue weighted by Gasteiger charge is -2.40. The summed E-state index contributed by atoms with van der Waals surface area (Å²) < 4.78 is 38.4. The molecule has 1 aromatic carbocycles. The summed E-state index contributed by atoms with van der Waals surface area (Å²) in [6.07, 6.45) is 1.08. The van der Waals surface area contributed by atoms with E-state index >= 15 is 0 Å². The second kappa shape index (κ2) is 10.7. The summed E-state index contributed by atoms with van der Waals surface area (Å²) in [6.45, 7) is 4.95. The van der Waals surface area contributed by atoms with Crippen LogP contribution in [0, 0.1) is 18.3 Å². The molecule has 0 saturated carbocycles. The molecule has 0 spiro atoms. The van der Waals surface area contributed by atoms with Crippen molar-refractivity contribution in [2.24, 2.45) is 5.92 Å². The number of likely N-dealkylation sites (tertiary alicyclic amines) is 1. The van der Waals surface area contributed by atoms with Gasteiger partial charge in [0.25, 0.3) is 5.91 Å². The fraction of sp³-hybridized carbons (Fsp3) is 0.400. The fourth-order valence-electron chi connectivity index (χ4n) is 4.28. The number of nitrogens with one attached hydrogen (secondary N) is 3. The molecular formula is C25H30F3N5O. The zero-order valence-electron chi connectivity index (χ0n) is 19.5. The monoisotopic (exact) mass is 473 g/mol. The standard InChI is InChI=1S/C25H30F3N5O/c1-16-6-8-20(18(12-29)13-30-3)21(11-16)24(34)33-10-4-5-17(2)22(33)15-32-23-9-7-19(14-31-23)25(26,27)28/h6-9,11-14,17,22,29-30H,4-5,10,15H2,1-3H3,(H,31,32)/b18-13+,29-12?/t17-,22-/m1/s1. The third-order valence-electron chi connectivity index (χ3n) is 6.13. The molecule has 1 fully saturated rings. The molecule has 3 rings (SSSR count). The van der Waals surface area contributed by atoms with Gasteiger partial charge < -0.3 is 20.9 Å². The van der Waals surface area contributed by atoms with Gasteiger partial charge in [-0.2, -0.15) is 13.2 Å². The van der Waals surface area contributed by atoms with Gasteiger partial charge in [0.2, 0.25) is 0 Å². The van der Waals surface area contributed by atoms with Gasteiger partial charge in [0.05, 0.1) is 11.6 Å². The molecule has 9 heteroatoms. The number of aromatic nitrogens is 1. The first-order valence-corrected chi connectivity index (χ1v) is 11.2. The van der Waals surface area contributed by atoms with Crippen molar-refractivity contribution in [2.45, 2.75) is 38.9 Å². The van der Waals surface area contributed by atoms with Crippen molar-refractivity contribution in [1.29, 1.82) is 5.41 Å². The number of halogens is 3. The summed E-state index contributed by atoms with van der Waals surface area (Å²) in [5.41, 5.74) is 1.93. The van der Waals surface area contributed by atoms with Crippen molar-refractivity contribution in [3.8, 4) is 0 Å². The topological polar surface area (TPSA) is 81.1 Å². The van der Waals surface area contributed by atoms with E-state index in [1.165, 1.54) is 12.3 Å². The maximum atomic E-state index is 13.8. The van der Waals surface area contributed by atoms with Crippen LogP contribution in [0.25, 0.3) is 5.57 Å². The highest BCUT2D eigenvalue weighted by Gasteiger charge is 2.34. The summed E-state index contributed by atoms with van der Waals surface area (Å²) in [6, 6.07) is 7.74. The van der Waals surface area contributed by atoms with Crippen LogP contribution in [0.3, 0.4) is 0 Å². The van der Waals surface area contributed by atoms with E-state index in [4.69, 9.17) is 5.41 Å². The summed E-state index contributed by atoms with van der Waals surface area (Å²) in [7, 11) is 1.74. The van der Waals surface area contributed by atoms with Crippen LogP contribution in [-0.4, -0.2) is 48.2 Å². The molecule has 34 heavy (non-hydrogen) atoms. The highest BCUT2D eigenvalue weighted by Crippen LogP contribution is 2.30. The number of hydrogen-bond donors (Lipinski definition) is 3. The largest absolute Gasteiger partial charge is 0.417 e. The zero-order valence-corrected chi connectivity index (χ0v) is 19.5. The number of pyridine rings is 1. The van der Waals surface area contributed by atoms with E-state index < -0.39 is 11.7 Å². The summed E-state index contributed by atoms with van der Waals surface area (Å²) in [5.74, 6) is 0.404. The van der Waals surface area contributed by atoms with E-state index in [0.29, 0.717) is 35.6 Å². The number of amides is 1. The number of carbonyl (C=O) groups is 1. The molecule has 3 N–H and O–H groups in total. The first kappa shape index (κ1) is 25.3. The highest BCUT2D eigenvalue weighted by molar-refractivity contribution is 6.13. The van der Waals surface area contributed by atoms with Crippen LogP contribution in [0.4, 0.5) is 19.0 Å². The van der Waals surface area contributed by atoms with Crippen LogP contribution >= 0.6 is 0 Å². The fourth-order valence-corrected chi connectivity index (χ4v) is 4.28. The Morgan fingerprint density at radius 2 is 2.03 bits per heavy atom. The van der Waals surface area contributed by atoms with Gasteiger partial charge in [-0.25, -0.2) is 4.98 Å². The number of nitrogens with zero attached hydrogens (tertiary/aromatic N) is 2. The predicted molar refractivity (Wildman–Crippen MR) is 128 cm³/mol. The van der Waals surface area contributed by atoms with Crippen LogP contribution in [0.2, 0.25) is 0 Å². The molecule has 182 valence electrons. The third kappa shape index (κ3) is 5.76. The Bertz CT molecular complexity index is 1050. The van der Waals surface area contributed by atoms with E-state index in [0.717, 1.165) is 30.7 Å². The minimum absolute atomic E-state index is 0.124. The maximum absolute atomic E-state index is 13.8. The van der Waals surface area contributed by atoms with Crippen LogP contribution in [0.15, 0.2) is 42.7 Å². The van der Waals surface area contributed by atoms with Gasteiger partial charge in [0, 0.05) is 49.9 Å². The molecule has 0 aliphatic carbocycles. The molecule has 0 radical (unpaired) electrons. The molecule has 2 atom stereocenters. The molecule has 1 aliphatic rings. The predicted octanol–water partition coefficient (Wildman–Crippen LogP) is 4.97. The van der Waals surface area contributed by atoms with Crippen molar-refractivity contribution in [1.82, 2.24) is 15.2 Å². The number of anilines is 1. The van der Waals surface area contributed by atoms with Crippen LogP contribution in [0.1, 0.15) is 46.8 Å². The van der Waals surface area contributed by atoms with Gasteiger partial charge in [-0.1, -0.05) is 24.6 Å².